The summed E-state index contributed by atoms with van der Waals surface area (Å²) in [5, 5.41) is 14.8. The van der Waals surface area contributed by atoms with Crippen LogP contribution < -0.4 is 5.32 Å². The number of halogens is 2. The third kappa shape index (κ3) is 4.14. The highest BCUT2D eigenvalue weighted by molar-refractivity contribution is 7.98. The van der Waals surface area contributed by atoms with Gasteiger partial charge in [-0.05, 0) is 30.0 Å². The number of nitrogens with zero attached hydrogens (tertiary/aromatic N) is 1. The van der Waals surface area contributed by atoms with Crippen molar-refractivity contribution in [2.45, 2.75) is 18.0 Å². The minimum atomic E-state index is -0.452. The lowest BCUT2D eigenvalue weighted by Gasteiger charge is -2.09. The number of nitro groups is 1. The molecule has 116 valence electrons. The van der Waals surface area contributed by atoms with Gasteiger partial charge in [0.25, 0.3) is 5.69 Å². The van der Waals surface area contributed by atoms with Crippen molar-refractivity contribution in [3.63, 3.8) is 0 Å². The molecular formula is C15H14Cl2N2O2S. The molecule has 2 aromatic carbocycles. The Balaban J connectivity index is 2.07. The Labute approximate surface area is 143 Å². The molecule has 0 saturated heterocycles. The number of nitrogens with one attached hydrogen (secondary N) is 1. The van der Waals surface area contributed by atoms with E-state index in [-0.39, 0.29) is 17.3 Å². The minimum Gasteiger partial charge on any atom is -0.308 e. The van der Waals surface area contributed by atoms with Crippen LogP contribution >= 0.6 is 35.0 Å². The van der Waals surface area contributed by atoms with Gasteiger partial charge in [-0.25, -0.2) is 0 Å². The number of nitro benzene ring substituents is 1. The summed E-state index contributed by atoms with van der Waals surface area (Å²) in [7, 11) is 0. The van der Waals surface area contributed by atoms with Gasteiger partial charge in [-0.3, -0.25) is 10.1 Å². The van der Waals surface area contributed by atoms with E-state index in [4.69, 9.17) is 23.2 Å². The summed E-state index contributed by atoms with van der Waals surface area (Å²) < 4.78 is 0. The van der Waals surface area contributed by atoms with E-state index in [9.17, 15) is 10.1 Å². The predicted octanol–water partition coefficient (Wildman–Crippen LogP) is 4.91. The average Bonchev–Trinajstić information content (AvgIpc) is 2.52. The van der Waals surface area contributed by atoms with Crippen molar-refractivity contribution >= 4 is 40.7 Å². The Morgan fingerprint density at radius 1 is 1.14 bits per heavy atom. The molecule has 22 heavy (non-hydrogen) atoms. The highest BCUT2D eigenvalue weighted by atomic mass is 35.5. The zero-order valence-electron chi connectivity index (χ0n) is 11.8. The van der Waals surface area contributed by atoms with Gasteiger partial charge in [0.1, 0.15) is 0 Å². The van der Waals surface area contributed by atoms with Gasteiger partial charge < -0.3 is 5.32 Å². The first-order valence-electron chi connectivity index (χ1n) is 6.48. The van der Waals surface area contributed by atoms with E-state index in [0.717, 1.165) is 5.56 Å². The van der Waals surface area contributed by atoms with E-state index >= 15 is 0 Å². The van der Waals surface area contributed by atoms with E-state index in [2.05, 4.69) is 5.32 Å². The van der Waals surface area contributed by atoms with Crippen LogP contribution in [0.4, 0.5) is 5.69 Å². The quantitative estimate of drug-likeness (QED) is 0.453. The van der Waals surface area contributed by atoms with Crippen molar-refractivity contribution in [2.24, 2.45) is 0 Å². The molecule has 0 atom stereocenters. The van der Waals surface area contributed by atoms with Crippen molar-refractivity contribution in [3.8, 4) is 0 Å². The third-order valence-electron chi connectivity index (χ3n) is 3.16. The molecule has 0 amide bonds. The Bertz CT molecular complexity index is 678. The standard InChI is InChI=1S/C15H14Cl2N2O2S/c1-22-11-4-2-10(3-5-11)8-18-9-12-14(19(20)21)7-6-13(16)15(12)17/h2-7,18H,8-9H2,1H3. The second-order valence-corrected chi connectivity index (χ2v) is 6.23. The van der Waals surface area contributed by atoms with Crippen molar-refractivity contribution in [1.29, 1.82) is 0 Å². The van der Waals surface area contributed by atoms with Gasteiger partial charge in [0, 0.05) is 24.1 Å². The molecule has 0 unspecified atom stereocenters. The van der Waals surface area contributed by atoms with E-state index < -0.39 is 4.92 Å². The second kappa shape index (κ2) is 7.83. The van der Waals surface area contributed by atoms with Crippen molar-refractivity contribution in [3.05, 3.63) is 67.7 Å². The first-order valence-corrected chi connectivity index (χ1v) is 8.46. The molecule has 7 heteroatoms. The second-order valence-electron chi connectivity index (χ2n) is 4.57. The van der Waals surface area contributed by atoms with Crippen molar-refractivity contribution in [1.82, 2.24) is 5.32 Å². The molecule has 0 fully saturated rings. The van der Waals surface area contributed by atoms with Crippen molar-refractivity contribution in [2.75, 3.05) is 6.26 Å². The molecule has 0 heterocycles. The summed E-state index contributed by atoms with van der Waals surface area (Å²) in [6.07, 6.45) is 2.02. The van der Waals surface area contributed by atoms with Crippen LogP contribution in [0.2, 0.25) is 10.0 Å². The van der Waals surface area contributed by atoms with Gasteiger partial charge in [0.15, 0.2) is 0 Å². The Hall–Kier alpha value is -1.27. The topological polar surface area (TPSA) is 55.2 Å². The maximum absolute atomic E-state index is 11.1. The fraction of sp³-hybridized carbons (Fsp3) is 0.200. The SMILES string of the molecule is CSc1ccc(CNCc2c([N+](=O)[O-])ccc(Cl)c2Cl)cc1. The van der Waals surface area contributed by atoms with Crippen LogP contribution in [0.3, 0.4) is 0 Å². The van der Waals surface area contributed by atoms with Gasteiger partial charge in [-0.15, -0.1) is 11.8 Å². The summed E-state index contributed by atoms with van der Waals surface area (Å²) in [5.41, 5.74) is 1.47. The lowest BCUT2D eigenvalue weighted by molar-refractivity contribution is -0.385. The Morgan fingerprint density at radius 3 is 2.41 bits per heavy atom. The average molecular weight is 357 g/mol. The summed E-state index contributed by atoms with van der Waals surface area (Å²) in [6.45, 7) is 0.870. The number of benzene rings is 2. The van der Waals surface area contributed by atoms with Crippen LogP contribution in [0.1, 0.15) is 11.1 Å². The van der Waals surface area contributed by atoms with Crippen LogP contribution in [0.25, 0.3) is 0 Å². The number of hydrogen-bond acceptors (Lipinski definition) is 4. The van der Waals surface area contributed by atoms with Crippen LogP contribution in [0.15, 0.2) is 41.3 Å². The molecule has 2 aromatic rings. The van der Waals surface area contributed by atoms with Gasteiger partial charge >= 0.3 is 0 Å². The predicted molar refractivity (Wildman–Crippen MR) is 91.9 cm³/mol. The molecule has 2 rings (SSSR count). The van der Waals surface area contributed by atoms with Crippen molar-refractivity contribution < 1.29 is 4.92 Å². The first kappa shape index (κ1) is 17.1. The van der Waals surface area contributed by atoms with Crippen LogP contribution in [0, 0.1) is 10.1 Å². The largest absolute Gasteiger partial charge is 0.308 e. The molecule has 1 N–H and O–H groups in total. The number of thioether (sulfide) groups is 1. The number of hydrogen-bond donors (Lipinski definition) is 1. The molecule has 0 saturated carbocycles. The highest BCUT2D eigenvalue weighted by Crippen LogP contribution is 2.32. The fourth-order valence-corrected chi connectivity index (χ4v) is 2.81. The molecule has 0 radical (unpaired) electrons. The minimum absolute atomic E-state index is 0.0281. The van der Waals surface area contributed by atoms with Gasteiger partial charge in [0.05, 0.1) is 20.5 Å². The van der Waals surface area contributed by atoms with Crippen LogP contribution in [0.5, 0.6) is 0 Å². The summed E-state index contributed by atoms with van der Waals surface area (Å²) in [5.74, 6) is 0. The summed E-state index contributed by atoms with van der Waals surface area (Å²) in [4.78, 5) is 11.8. The molecular weight excluding hydrogens is 343 g/mol. The van der Waals surface area contributed by atoms with Gasteiger partial charge in [-0.1, -0.05) is 35.3 Å². The van der Waals surface area contributed by atoms with E-state index in [1.807, 2.05) is 30.5 Å². The smallest absolute Gasteiger partial charge is 0.275 e. The molecule has 0 spiro atoms. The molecule has 0 aliphatic rings. The van der Waals surface area contributed by atoms with Gasteiger partial charge in [0.2, 0.25) is 0 Å². The molecule has 0 bridgehead atoms. The molecule has 0 aromatic heterocycles. The van der Waals surface area contributed by atoms with E-state index in [0.29, 0.717) is 17.1 Å². The summed E-state index contributed by atoms with van der Waals surface area (Å²) in [6, 6.07) is 10.9. The fourth-order valence-electron chi connectivity index (χ4n) is 2.00. The third-order valence-corrected chi connectivity index (χ3v) is 4.74. The lowest BCUT2D eigenvalue weighted by atomic mass is 10.1. The maximum Gasteiger partial charge on any atom is 0.275 e. The molecule has 0 aliphatic heterocycles. The van der Waals surface area contributed by atoms with E-state index in [1.165, 1.54) is 17.0 Å². The number of rotatable bonds is 6. The van der Waals surface area contributed by atoms with Crippen LogP contribution in [-0.2, 0) is 13.1 Å². The zero-order valence-corrected chi connectivity index (χ0v) is 14.1. The lowest BCUT2D eigenvalue weighted by Crippen LogP contribution is -2.14. The Kier molecular flexibility index (Phi) is 6.08. The Morgan fingerprint density at radius 2 is 1.82 bits per heavy atom. The normalized spacial score (nSPS) is 10.7. The summed E-state index contributed by atoms with van der Waals surface area (Å²) >= 11 is 13.7. The molecule has 4 nitrogen and oxygen atoms in total. The zero-order chi connectivity index (χ0) is 16.1. The van der Waals surface area contributed by atoms with Crippen LogP contribution in [-0.4, -0.2) is 11.2 Å². The van der Waals surface area contributed by atoms with E-state index in [1.54, 1.807) is 11.8 Å². The maximum atomic E-state index is 11.1. The monoisotopic (exact) mass is 356 g/mol. The first-order chi connectivity index (χ1) is 10.5. The van der Waals surface area contributed by atoms with Gasteiger partial charge in [-0.2, -0.15) is 0 Å². The highest BCUT2D eigenvalue weighted by Gasteiger charge is 2.18. The molecule has 0 aliphatic carbocycles.